The predicted molar refractivity (Wildman–Crippen MR) is 116 cm³/mol. The van der Waals surface area contributed by atoms with Crippen LogP contribution in [0.5, 0.6) is 5.75 Å². The smallest absolute Gasteiger partial charge is 0.227 e. The minimum Gasteiger partial charge on any atom is -0.495 e. The number of halogens is 1. The second kappa shape index (κ2) is 8.81. The summed E-state index contributed by atoms with van der Waals surface area (Å²) in [5, 5.41) is 6.08. The Labute approximate surface area is 182 Å². The first-order valence-corrected chi connectivity index (χ1v) is 10.6. The van der Waals surface area contributed by atoms with Crippen LogP contribution in [-0.4, -0.2) is 35.4 Å². The molecule has 1 aliphatic rings. The third-order valence-corrected chi connectivity index (χ3v) is 5.96. The van der Waals surface area contributed by atoms with E-state index in [4.69, 9.17) is 16.3 Å². The normalized spacial score (nSPS) is 16.0. The molecule has 0 saturated carbocycles. The lowest BCUT2D eigenvalue weighted by Crippen LogP contribution is -2.32. The molecule has 1 saturated heterocycles. The molecule has 2 aromatic heterocycles. The van der Waals surface area contributed by atoms with Crippen molar-refractivity contribution < 1.29 is 14.3 Å². The van der Waals surface area contributed by atoms with Crippen molar-refractivity contribution in [1.82, 2.24) is 15.3 Å². The van der Waals surface area contributed by atoms with Crippen LogP contribution in [0, 0.1) is 5.92 Å². The lowest BCUT2D eigenvalue weighted by atomic mass is 10.1. The molecular formula is C21H19ClN4O3S. The van der Waals surface area contributed by atoms with E-state index in [1.165, 1.54) is 18.4 Å². The fourth-order valence-electron chi connectivity index (χ4n) is 3.31. The van der Waals surface area contributed by atoms with Crippen molar-refractivity contribution >= 4 is 40.4 Å². The highest BCUT2D eigenvalue weighted by molar-refractivity contribution is 7.13. The average Bonchev–Trinajstić information content (AvgIpc) is 3.39. The molecule has 4 rings (SSSR count). The Morgan fingerprint density at radius 1 is 1.37 bits per heavy atom. The molecule has 1 atom stereocenters. The molecule has 0 radical (unpaired) electrons. The van der Waals surface area contributed by atoms with Gasteiger partial charge in [-0.2, -0.15) is 0 Å². The van der Waals surface area contributed by atoms with Gasteiger partial charge in [0.15, 0.2) is 0 Å². The standard InChI is InChI=1S/C21H19ClN4O3S/c1-29-18-6-5-14(22)9-17(18)26-11-13(8-19(26)27)20(28)24-10-15-12-30-21(25-15)16-4-2-3-7-23-16/h2-7,9,12-13H,8,10-11H2,1H3,(H,24,28). The quantitative estimate of drug-likeness (QED) is 0.631. The summed E-state index contributed by atoms with van der Waals surface area (Å²) in [5.41, 5.74) is 2.13. The summed E-state index contributed by atoms with van der Waals surface area (Å²) in [6.45, 7) is 0.574. The lowest BCUT2D eigenvalue weighted by Gasteiger charge is -2.19. The number of anilines is 1. The van der Waals surface area contributed by atoms with Crippen molar-refractivity contribution in [1.29, 1.82) is 0 Å². The second-order valence-corrected chi connectivity index (χ2v) is 8.09. The molecule has 9 heteroatoms. The van der Waals surface area contributed by atoms with Gasteiger partial charge in [0, 0.05) is 29.6 Å². The Morgan fingerprint density at radius 2 is 2.23 bits per heavy atom. The number of methoxy groups -OCH3 is 1. The van der Waals surface area contributed by atoms with E-state index in [9.17, 15) is 9.59 Å². The van der Waals surface area contributed by atoms with E-state index in [1.54, 1.807) is 29.3 Å². The van der Waals surface area contributed by atoms with Crippen LogP contribution in [0.25, 0.3) is 10.7 Å². The van der Waals surface area contributed by atoms with E-state index in [1.807, 2.05) is 23.6 Å². The Kier molecular flexibility index (Phi) is 5.96. The summed E-state index contributed by atoms with van der Waals surface area (Å²) in [7, 11) is 1.53. The van der Waals surface area contributed by atoms with E-state index >= 15 is 0 Å². The first-order chi connectivity index (χ1) is 14.5. The number of hydrogen-bond donors (Lipinski definition) is 1. The minimum atomic E-state index is -0.449. The molecule has 1 aliphatic heterocycles. The first-order valence-electron chi connectivity index (χ1n) is 9.32. The number of thiazole rings is 1. The van der Waals surface area contributed by atoms with Crippen LogP contribution in [0.3, 0.4) is 0 Å². The number of benzene rings is 1. The van der Waals surface area contributed by atoms with Crippen molar-refractivity contribution in [3.63, 3.8) is 0 Å². The molecule has 3 heterocycles. The predicted octanol–water partition coefficient (Wildman–Crippen LogP) is 3.54. The molecule has 3 aromatic rings. The Morgan fingerprint density at radius 3 is 3.00 bits per heavy atom. The molecule has 0 bridgehead atoms. The lowest BCUT2D eigenvalue weighted by molar-refractivity contribution is -0.126. The molecule has 0 aliphatic carbocycles. The SMILES string of the molecule is COc1ccc(Cl)cc1N1CC(C(=O)NCc2csc(-c3ccccn3)n2)CC1=O. The zero-order chi connectivity index (χ0) is 21.1. The summed E-state index contributed by atoms with van der Waals surface area (Å²) in [6, 6.07) is 10.7. The first kappa shape index (κ1) is 20.3. The highest BCUT2D eigenvalue weighted by Gasteiger charge is 2.36. The van der Waals surface area contributed by atoms with Gasteiger partial charge in [-0.3, -0.25) is 14.6 Å². The summed E-state index contributed by atoms with van der Waals surface area (Å²) in [4.78, 5) is 35.5. The monoisotopic (exact) mass is 442 g/mol. The molecular weight excluding hydrogens is 424 g/mol. The number of amides is 2. The van der Waals surface area contributed by atoms with Gasteiger partial charge in [-0.05, 0) is 30.3 Å². The second-order valence-electron chi connectivity index (χ2n) is 6.80. The van der Waals surface area contributed by atoms with Gasteiger partial charge in [-0.25, -0.2) is 4.98 Å². The highest BCUT2D eigenvalue weighted by atomic mass is 35.5. The number of aromatic nitrogens is 2. The molecule has 1 unspecified atom stereocenters. The number of nitrogens with zero attached hydrogens (tertiary/aromatic N) is 3. The summed E-state index contributed by atoms with van der Waals surface area (Å²) < 4.78 is 5.34. The van der Waals surface area contributed by atoms with Gasteiger partial charge in [0.2, 0.25) is 11.8 Å². The summed E-state index contributed by atoms with van der Waals surface area (Å²) in [6.07, 6.45) is 1.85. The van der Waals surface area contributed by atoms with Gasteiger partial charge >= 0.3 is 0 Å². The van der Waals surface area contributed by atoms with Crippen molar-refractivity contribution in [2.45, 2.75) is 13.0 Å². The number of nitrogens with one attached hydrogen (secondary N) is 1. The number of pyridine rings is 1. The summed E-state index contributed by atoms with van der Waals surface area (Å²) in [5.74, 6) is -0.227. The molecule has 0 spiro atoms. The van der Waals surface area contributed by atoms with E-state index in [0.29, 0.717) is 23.0 Å². The average molecular weight is 443 g/mol. The van der Waals surface area contributed by atoms with Gasteiger partial charge < -0.3 is 15.0 Å². The van der Waals surface area contributed by atoms with Crippen LogP contribution in [0.4, 0.5) is 5.69 Å². The molecule has 7 nitrogen and oxygen atoms in total. The number of ether oxygens (including phenoxy) is 1. The van der Waals surface area contributed by atoms with E-state index < -0.39 is 5.92 Å². The number of carbonyl (C=O) groups is 2. The van der Waals surface area contributed by atoms with Crippen LogP contribution in [0.2, 0.25) is 5.02 Å². The zero-order valence-electron chi connectivity index (χ0n) is 16.2. The zero-order valence-corrected chi connectivity index (χ0v) is 17.7. The van der Waals surface area contributed by atoms with E-state index in [-0.39, 0.29) is 24.8 Å². The Bertz CT molecular complexity index is 1070. The van der Waals surface area contributed by atoms with E-state index in [0.717, 1.165) is 16.4 Å². The van der Waals surface area contributed by atoms with Gasteiger partial charge in [-0.15, -0.1) is 11.3 Å². The highest BCUT2D eigenvalue weighted by Crippen LogP contribution is 2.35. The fraction of sp³-hybridized carbons (Fsp3) is 0.238. The molecule has 154 valence electrons. The van der Waals surface area contributed by atoms with Gasteiger partial charge in [0.05, 0.1) is 36.6 Å². The van der Waals surface area contributed by atoms with Crippen LogP contribution in [0.1, 0.15) is 12.1 Å². The van der Waals surface area contributed by atoms with Crippen molar-refractivity contribution in [3.05, 3.63) is 58.7 Å². The fourth-order valence-corrected chi connectivity index (χ4v) is 4.27. The third-order valence-electron chi connectivity index (χ3n) is 4.81. The van der Waals surface area contributed by atoms with Crippen LogP contribution >= 0.6 is 22.9 Å². The van der Waals surface area contributed by atoms with Crippen molar-refractivity contribution in [2.75, 3.05) is 18.6 Å². The topological polar surface area (TPSA) is 84.4 Å². The van der Waals surface area contributed by atoms with Crippen LogP contribution < -0.4 is 15.0 Å². The molecule has 1 aromatic carbocycles. The van der Waals surface area contributed by atoms with Crippen LogP contribution in [-0.2, 0) is 16.1 Å². The molecule has 2 amide bonds. The number of hydrogen-bond acceptors (Lipinski definition) is 6. The maximum absolute atomic E-state index is 12.7. The molecule has 1 N–H and O–H groups in total. The van der Waals surface area contributed by atoms with Crippen LogP contribution in [0.15, 0.2) is 48.0 Å². The van der Waals surface area contributed by atoms with Crippen molar-refractivity contribution in [3.8, 4) is 16.5 Å². The molecule has 30 heavy (non-hydrogen) atoms. The van der Waals surface area contributed by atoms with Crippen molar-refractivity contribution in [2.24, 2.45) is 5.92 Å². The largest absolute Gasteiger partial charge is 0.495 e. The third kappa shape index (κ3) is 4.29. The maximum atomic E-state index is 12.7. The molecule has 1 fully saturated rings. The maximum Gasteiger partial charge on any atom is 0.227 e. The van der Waals surface area contributed by atoms with E-state index in [2.05, 4.69) is 15.3 Å². The number of carbonyl (C=O) groups excluding carboxylic acids is 2. The minimum absolute atomic E-state index is 0.137. The Hall–Kier alpha value is -2.97. The number of rotatable bonds is 6. The Balaban J connectivity index is 1.39. The summed E-state index contributed by atoms with van der Waals surface area (Å²) >= 11 is 7.56. The van der Waals surface area contributed by atoms with Gasteiger partial charge in [0.1, 0.15) is 10.8 Å². The van der Waals surface area contributed by atoms with Gasteiger partial charge in [-0.1, -0.05) is 17.7 Å². The van der Waals surface area contributed by atoms with Gasteiger partial charge in [0.25, 0.3) is 0 Å².